The monoisotopic (exact) mass is 371 g/mol. The minimum absolute atomic E-state index is 0. The number of hydrogen-bond donors (Lipinski definition) is 0. The third-order valence-corrected chi connectivity index (χ3v) is 4.93. The molecule has 0 saturated heterocycles. The van der Waals surface area contributed by atoms with Gasteiger partial charge in [-0.15, -0.1) is 6.42 Å². The summed E-state index contributed by atoms with van der Waals surface area (Å²) in [5, 5.41) is 0. The van der Waals surface area contributed by atoms with E-state index in [-0.39, 0.29) is 12.4 Å². The van der Waals surface area contributed by atoms with E-state index in [1.807, 2.05) is 0 Å². The van der Waals surface area contributed by atoms with Crippen LogP contribution in [-0.4, -0.2) is 28.7 Å². The molecule has 1 atom stereocenters. The number of halogens is 2. The van der Waals surface area contributed by atoms with Crippen LogP contribution < -0.4 is 12.4 Å². The van der Waals surface area contributed by atoms with Crippen LogP contribution in [0.5, 0.6) is 0 Å². The van der Waals surface area contributed by atoms with Gasteiger partial charge in [-0.05, 0) is 31.6 Å². The van der Waals surface area contributed by atoms with Gasteiger partial charge in [-0.3, -0.25) is 0 Å². The molecule has 0 N–H and O–H groups in total. The van der Waals surface area contributed by atoms with Crippen LogP contribution in [0.2, 0.25) is 0 Å². The zero-order chi connectivity index (χ0) is 12.4. The molecule has 0 aliphatic carbocycles. The van der Waals surface area contributed by atoms with E-state index >= 15 is 0 Å². The lowest BCUT2D eigenvalue weighted by atomic mass is 10.2. The van der Waals surface area contributed by atoms with Crippen molar-refractivity contribution in [2.24, 2.45) is 0 Å². The normalized spacial score (nSPS) is 12.6. The zero-order valence-corrected chi connectivity index (χ0v) is 14.4. The zero-order valence-electron chi connectivity index (χ0n) is 11.5. The molecular weight excluding hydrogens is 345 g/mol. The van der Waals surface area contributed by atoms with Crippen molar-refractivity contribution in [3.05, 3.63) is 0 Å². The Morgan fingerprint density at radius 2 is 1.47 bits per heavy atom. The fraction of sp³-hybridized carbons (Fsp3) is 0.857. The summed E-state index contributed by atoms with van der Waals surface area (Å²) in [5.41, 5.74) is 0. The lowest BCUT2D eigenvalue weighted by Gasteiger charge is -2.36. The Morgan fingerprint density at radius 1 is 1.06 bits per heavy atom. The van der Waals surface area contributed by atoms with Crippen LogP contribution >= 0.6 is 22.6 Å². The van der Waals surface area contributed by atoms with Crippen LogP contribution in [0.15, 0.2) is 0 Å². The second-order valence-electron chi connectivity index (χ2n) is 4.84. The average molecular weight is 372 g/mol. The Kier molecular flexibility index (Phi) is 13.6. The third kappa shape index (κ3) is 8.29. The van der Waals surface area contributed by atoms with E-state index in [0.717, 1.165) is 4.48 Å². The van der Waals surface area contributed by atoms with Crippen molar-refractivity contribution < 1.29 is 16.9 Å². The molecule has 0 aromatic rings. The van der Waals surface area contributed by atoms with Crippen molar-refractivity contribution in [3.8, 4) is 12.3 Å². The molecule has 0 amide bonds. The Bertz CT molecular complexity index is 203. The first kappa shape index (κ1) is 19.9. The third-order valence-electron chi connectivity index (χ3n) is 3.23. The summed E-state index contributed by atoms with van der Waals surface area (Å²) < 4.78 is 1.38. The smallest absolute Gasteiger partial charge is 0.200 e. The second-order valence-corrected chi connectivity index (χ2v) is 6.02. The molecule has 3 heteroatoms. The highest BCUT2D eigenvalue weighted by molar-refractivity contribution is 14.1. The molecular formula is C14H27ClIN. The largest absolute Gasteiger partial charge is 1.00 e. The quantitative estimate of drug-likeness (QED) is 0.143. The van der Waals surface area contributed by atoms with Crippen LogP contribution in [0.25, 0.3) is 0 Å². The van der Waals surface area contributed by atoms with Crippen molar-refractivity contribution in [2.45, 2.75) is 56.4 Å². The molecule has 0 aromatic heterocycles. The van der Waals surface area contributed by atoms with E-state index in [4.69, 9.17) is 6.42 Å². The molecule has 0 heterocycles. The number of terminal acetylenes is 1. The second kappa shape index (κ2) is 11.6. The van der Waals surface area contributed by atoms with Crippen LogP contribution in [0.4, 0.5) is 0 Å². The molecule has 17 heavy (non-hydrogen) atoms. The van der Waals surface area contributed by atoms with Gasteiger partial charge in [-0.1, -0.05) is 26.7 Å². The molecule has 1 nitrogen and oxygen atoms in total. The van der Waals surface area contributed by atoms with Gasteiger partial charge in [0.1, 0.15) is 0 Å². The van der Waals surface area contributed by atoms with E-state index in [1.165, 1.54) is 51.6 Å². The predicted molar refractivity (Wildman–Crippen MR) is 81.6 cm³/mol. The molecule has 0 spiro atoms. The van der Waals surface area contributed by atoms with E-state index in [9.17, 15) is 0 Å². The number of unbranched alkanes of at least 4 members (excludes halogenated alkanes) is 4. The van der Waals surface area contributed by atoms with Crippen LogP contribution in [0.3, 0.4) is 0 Å². The number of hydrogen-bond acceptors (Lipinski definition) is 0. The minimum atomic E-state index is 0. The summed E-state index contributed by atoms with van der Waals surface area (Å²) in [6, 6.07) is 0. The summed E-state index contributed by atoms with van der Waals surface area (Å²) in [6.45, 7) is 6.97. The highest BCUT2D eigenvalue weighted by atomic mass is 127. The van der Waals surface area contributed by atoms with Gasteiger partial charge in [-0.2, -0.15) is 0 Å². The van der Waals surface area contributed by atoms with Crippen LogP contribution in [0, 0.1) is 12.3 Å². The Balaban J connectivity index is 0. The Hall–Kier alpha value is 0.540. The molecule has 1 unspecified atom stereocenters. The van der Waals surface area contributed by atoms with Gasteiger partial charge in [-0.25, -0.2) is 0 Å². The number of nitrogens with zero attached hydrogens (tertiary/aromatic N) is 1. The summed E-state index contributed by atoms with van der Waals surface area (Å²) in [4.78, 5) is 0. The van der Waals surface area contributed by atoms with Crippen LogP contribution in [0.1, 0.15) is 52.4 Å². The fourth-order valence-electron chi connectivity index (χ4n) is 1.96. The molecule has 0 aromatic carbocycles. The SMILES string of the molecule is C#CC(I)[N+](C)(CCCCC)CCCCC.[Cl-]. The molecule has 0 bridgehead atoms. The summed E-state index contributed by atoms with van der Waals surface area (Å²) in [7, 11) is 2.32. The molecule has 0 saturated carbocycles. The molecule has 0 fully saturated rings. The van der Waals surface area contributed by atoms with Crippen molar-refractivity contribution in [2.75, 3.05) is 20.1 Å². The maximum Gasteiger partial charge on any atom is 0.200 e. The van der Waals surface area contributed by atoms with Gasteiger partial charge < -0.3 is 16.9 Å². The fourth-order valence-corrected chi connectivity index (χ4v) is 2.52. The number of alkyl halides is 1. The van der Waals surface area contributed by atoms with Crippen molar-refractivity contribution in [1.29, 1.82) is 0 Å². The van der Waals surface area contributed by atoms with Gasteiger partial charge in [0, 0.05) is 22.6 Å². The van der Waals surface area contributed by atoms with E-state index in [0.29, 0.717) is 4.05 Å². The van der Waals surface area contributed by atoms with Crippen molar-refractivity contribution in [3.63, 3.8) is 0 Å². The summed E-state index contributed by atoms with van der Waals surface area (Å²) >= 11 is 2.42. The molecule has 0 rings (SSSR count). The Morgan fingerprint density at radius 3 is 1.76 bits per heavy atom. The Labute approximate surface area is 128 Å². The summed E-state index contributed by atoms with van der Waals surface area (Å²) in [6.07, 6.45) is 13.4. The molecule has 0 aliphatic heterocycles. The van der Waals surface area contributed by atoms with E-state index < -0.39 is 0 Å². The first-order valence-corrected chi connectivity index (χ1v) is 7.79. The standard InChI is InChI=1S/C14H27IN.ClH/c1-5-8-10-12-16(4,14(15)7-3)13-11-9-6-2;/h3,14H,5-6,8-13H2,1-2,4H3;1H/q+1;/p-1. The average Bonchev–Trinajstić information content (AvgIpc) is 2.28. The molecule has 0 aliphatic rings. The first-order valence-electron chi connectivity index (χ1n) is 6.55. The van der Waals surface area contributed by atoms with Crippen molar-refractivity contribution in [1.82, 2.24) is 0 Å². The lowest BCUT2D eigenvalue weighted by Crippen LogP contribution is -3.00. The van der Waals surface area contributed by atoms with Gasteiger partial charge in [0.2, 0.25) is 0 Å². The number of quaternary nitrogens is 1. The van der Waals surface area contributed by atoms with Gasteiger partial charge >= 0.3 is 0 Å². The van der Waals surface area contributed by atoms with Crippen molar-refractivity contribution >= 4 is 22.6 Å². The molecule has 0 radical (unpaired) electrons. The first-order chi connectivity index (χ1) is 7.60. The number of rotatable bonds is 9. The van der Waals surface area contributed by atoms with E-state index in [1.54, 1.807) is 0 Å². The highest BCUT2D eigenvalue weighted by Gasteiger charge is 2.27. The molecule has 102 valence electrons. The van der Waals surface area contributed by atoms with Gasteiger partial charge in [0.15, 0.2) is 4.05 Å². The highest BCUT2D eigenvalue weighted by Crippen LogP contribution is 2.19. The van der Waals surface area contributed by atoms with Gasteiger partial charge in [0.05, 0.1) is 20.1 Å². The topological polar surface area (TPSA) is 0 Å². The van der Waals surface area contributed by atoms with Crippen LogP contribution in [-0.2, 0) is 0 Å². The lowest BCUT2D eigenvalue weighted by molar-refractivity contribution is -0.908. The predicted octanol–water partition coefficient (Wildman–Crippen LogP) is 1.21. The minimum Gasteiger partial charge on any atom is -1.00 e. The van der Waals surface area contributed by atoms with Gasteiger partial charge in [0.25, 0.3) is 0 Å². The summed E-state index contributed by atoms with van der Waals surface area (Å²) in [5.74, 6) is 2.92. The maximum atomic E-state index is 5.59. The maximum absolute atomic E-state index is 5.59. The van der Waals surface area contributed by atoms with E-state index in [2.05, 4.69) is 49.4 Å².